The molecule has 3 aromatic carbocycles. The summed E-state index contributed by atoms with van der Waals surface area (Å²) in [6, 6.07) is 22.6. The van der Waals surface area contributed by atoms with Crippen LogP contribution in [0.3, 0.4) is 0 Å². The lowest BCUT2D eigenvalue weighted by atomic mass is 10.1. The Morgan fingerprint density at radius 2 is 1.84 bits per heavy atom. The lowest BCUT2D eigenvalue weighted by Gasteiger charge is -2.09. The normalized spacial score (nSPS) is 10.9. The molecule has 0 radical (unpaired) electrons. The quantitative estimate of drug-likeness (QED) is 0.266. The molecule has 0 atom stereocenters. The first-order valence-corrected chi connectivity index (χ1v) is 9.73. The van der Waals surface area contributed by atoms with E-state index in [2.05, 4.69) is 15.5 Å². The maximum absolute atomic E-state index is 12.3. The van der Waals surface area contributed by atoms with Crippen LogP contribution >= 0.6 is 0 Å². The molecule has 4 rings (SSSR count). The Morgan fingerprint density at radius 3 is 2.66 bits per heavy atom. The fourth-order valence-electron chi connectivity index (χ4n) is 3.05. The van der Waals surface area contributed by atoms with Crippen molar-refractivity contribution in [3.8, 4) is 5.75 Å². The molecule has 0 saturated heterocycles. The van der Waals surface area contributed by atoms with E-state index in [1.165, 1.54) is 18.3 Å². The second-order valence-corrected chi connectivity index (χ2v) is 6.87. The van der Waals surface area contributed by atoms with Crippen LogP contribution < -0.4 is 10.2 Å². The molecule has 32 heavy (non-hydrogen) atoms. The summed E-state index contributed by atoms with van der Waals surface area (Å²) < 4.78 is 5.91. The SMILES string of the molecule is O=C(N/N=C/c1cccc([N+](=O)[O-])c1)c1ccc(COc2cccc3cccnc23)cc1. The lowest BCUT2D eigenvalue weighted by molar-refractivity contribution is -0.384. The molecule has 0 saturated carbocycles. The van der Waals surface area contributed by atoms with Crippen LogP contribution in [0.2, 0.25) is 0 Å². The van der Waals surface area contributed by atoms with Gasteiger partial charge in [0.1, 0.15) is 17.9 Å². The number of hydrogen-bond donors (Lipinski definition) is 1. The van der Waals surface area contributed by atoms with E-state index in [1.807, 2.05) is 30.3 Å². The Hall–Kier alpha value is -4.59. The van der Waals surface area contributed by atoms with Crippen molar-refractivity contribution in [2.75, 3.05) is 0 Å². The minimum atomic E-state index is -0.488. The molecule has 0 spiro atoms. The van der Waals surface area contributed by atoms with Crippen molar-refractivity contribution in [2.24, 2.45) is 5.10 Å². The third-order valence-electron chi connectivity index (χ3n) is 4.67. The number of nitro groups is 1. The monoisotopic (exact) mass is 426 g/mol. The highest BCUT2D eigenvalue weighted by molar-refractivity contribution is 5.95. The predicted molar refractivity (Wildman–Crippen MR) is 121 cm³/mol. The van der Waals surface area contributed by atoms with E-state index in [0.29, 0.717) is 23.5 Å². The first-order valence-electron chi connectivity index (χ1n) is 9.73. The van der Waals surface area contributed by atoms with Gasteiger partial charge in [-0.1, -0.05) is 42.5 Å². The largest absolute Gasteiger partial charge is 0.487 e. The number of pyridine rings is 1. The Morgan fingerprint density at radius 1 is 1.06 bits per heavy atom. The number of fused-ring (bicyclic) bond motifs is 1. The molecule has 0 unspecified atom stereocenters. The maximum Gasteiger partial charge on any atom is 0.271 e. The van der Waals surface area contributed by atoms with Crippen molar-refractivity contribution >= 4 is 28.7 Å². The van der Waals surface area contributed by atoms with Gasteiger partial charge >= 0.3 is 0 Å². The molecule has 158 valence electrons. The molecule has 1 heterocycles. The number of amides is 1. The standard InChI is InChI=1S/C24H18N4O4/c29-24(27-26-15-18-4-1-7-21(14-18)28(30)31)20-11-9-17(10-12-20)16-32-22-8-2-5-19-6-3-13-25-23(19)22/h1-15H,16H2,(H,27,29)/b26-15+. The second kappa shape index (κ2) is 9.48. The number of para-hydroxylation sites is 1. The zero-order chi connectivity index (χ0) is 22.3. The molecular formula is C24H18N4O4. The topological polar surface area (TPSA) is 107 Å². The van der Waals surface area contributed by atoms with Gasteiger partial charge in [0.2, 0.25) is 0 Å². The van der Waals surface area contributed by atoms with Crippen LogP contribution in [0.25, 0.3) is 10.9 Å². The first kappa shape index (κ1) is 20.7. The van der Waals surface area contributed by atoms with E-state index in [4.69, 9.17) is 4.74 Å². The summed E-state index contributed by atoms with van der Waals surface area (Å²) in [5.41, 5.74) is 5.00. The average Bonchev–Trinajstić information content (AvgIpc) is 2.83. The number of carbonyl (C=O) groups excluding carboxylic acids is 1. The van der Waals surface area contributed by atoms with Crippen LogP contribution in [0.5, 0.6) is 5.75 Å². The van der Waals surface area contributed by atoms with Crippen LogP contribution in [-0.2, 0) is 6.61 Å². The molecule has 8 nitrogen and oxygen atoms in total. The van der Waals surface area contributed by atoms with Gasteiger partial charge in [0.25, 0.3) is 11.6 Å². The van der Waals surface area contributed by atoms with Crippen molar-refractivity contribution in [2.45, 2.75) is 6.61 Å². The van der Waals surface area contributed by atoms with E-state index in [-0.39, 0.29) is 5.69 Å². The minimum Gasteiger partial charge on any atom is -0.487 e. The number of nitrogens with one attached hydrogen (secondary N) is 1. The number of hydrazone groups is 1. The molecule has 0 aliphatic carbocycles. The molecule has 1 aromatic heterocycles. The van der Waals surface area contributed by atoms with Crippen LogP contribution in [0.15, 0.2) is 90.2 Å². The fourth-order valence-corrected chi connectivity index (χ4v) is 3.05. The molecule has 1 N–H and O–H groups in total. The highest BCUT2D eigenvalue weighted by Crippen LogP contribution is 2.24. The molecule has 0 fully saturated rings. The second-order valence-electron chi connectivity index (χ2n) is 6.87. The summed E-state index contributed by atoms with van der Waals surface area (Å²) in [6.45, 7) is 0.336. The Balaban J connectivity index is 1.35. The third-order valence-corrected chi connectivity index (χ3v) is 4.67. The van der Waals surface area contributed by atoms with Gasteiger partial charge in [-0.3, -0.25) is 19.9 Å². The first-order chi connectivity index (χ1) is 15.6. The number of nitro benzene ring substituents is 1. The Kier molecular flexibility index (Phi) is 6.12. The van der Waals surface area contributed by atoms with Crippen molar-refractivity contribution in [3.63, 3.8) is 0 Å². The highest BCUT2D eigenvalue weighted by Gasteiger charge is 2.07. The van der Waals surface area contributed by atoms with E-state index in [1.54, 1.807) is 42.6 Å². The van der Waals surface area contributed by atoms with Gasteiger partial charge in [-0.05, 0) is 29.8 Å². The number of benzene rings is 3. The maximum atomic E-state index is 12.3. The van der Waals surface area contributed by atoms with Crippen LogP contribution in [0, 0.1) is 10.1 Å². The van der Waals surface area contributed by atoms with Crippen molar-refractivity contribution in [3.05, 3.63) is 112 Å². The van der Waals surface area contributed by atoms with Crippen LogP contribution in [-0.4, -0.2) is 22.0 Å². The Labute approximate surface area is 183 Å². The number of aromatic nitrogens is 1. The average molecular weight is 426 g/mol. The number of carbonyl (C=O) groups is 1. The summed E-state index contributed by atoms with van der Waals surface area (Å²) in [5, 5.41) is 15.7. The minimum absolute atomic E-state index is 0.0441. The Bertz CT molecular complexity index is 1300. The van der Waals surface area contributed by atoms with Gasteiger partial charge in [0.05, 0.1) is 11.1 Å². The fraction of sp³-hybridized carbons (Fsp3) is 0.0417. The smallest absolute Gasteiger partial charge is 0.271 e. The zero-order valence-corrected chi connectivity index (χ0v) is 16.8. The van der Waals surface area contributed by atoms with E-state index in [0.717, 1.165) is 16.5 Å². The summed E-state index contributed by atoms with van der Waals surface area (Å²) >= 11 is 0. The van der Waals surface area contributed by atoms with Gasteiger partial charge in [0.15, 0.2) is 0 Å². The zero-order valence-electron chi connectivity index (χ0n) is 16.8. The van der Waals surface area contributed by atoms with Crippen LogP contribution in [0.4, 0.5) is 5.69 Å². The van der Waals surface area contributed by atoms with E-state index >= 15 is 0 Å². The summed E-state index contributed by atoms with van der Waals surface area (Å²) in [7, 11) is 0. The van der Waals surface area contributed by atoms with Gasteiger partial charge in [0, 0.05) is 34.8 Å². The third kappa shape index (κ3) is 4.93. The van der Waals surface area contributed by atoms with Gasteiger partial charge in [-0.2, -0.15) is 5.10 Å². The van der Waals surface area contributed by atoms with Crippen LogP contribution in [0.1, 0.15) is 21.5 Å². The van der Waals surface area contributed by atoms with E-state index < -0.39 is 10.8 Å². The summed E-state index contributed by atoms with van der Waals surface area (Å²) in [5.74, 6) is 0.304. The highest BCUT2D eigenvalue weighted by atomic mass is 16.6. The van der Waals surface area contributed by atoms with Crippen molar-refractivity contribution in [1.82, 2.24) is 10.4 Å². The number of rotatable bonds is 7. The molecule has 0 bridgehead atoms. The number of ether oxygens (including phenoxy) is 1. The molecule has 4 aromatic rings. The number of nitrogens with zero attached hydrogens (tertiary/aromatic N) is 3. The van der Waals surface area contributed by atoms with Gasteiger partial charge < -0.3 is 4.74 Å². The molecule has 0 aliphatic rings. The van der Waals surface area contributed by atoms with Crippen molar-refractivity contribution < 1.29 is 14.5 Å². The predicted octanol–water partition coefficient (Wildman–Crippen LogP) is 4.49. The molecular weight excluding hydrogens is 408 g/mol. The molecule has 1 amide bonds. The molecule has 0 aliphatic heterocycles. The summed E-state index contributed by atoms with van der Waals surface area (Å²) in [4.78, 5) is 27.0. The van der Waals surface area contributed by atoms with Gasteiger partial charge in [-0.15, -0.1) is 0 Å². The molecule has 8 heteroatoms. The summed E-state index contributed by atoms with van der Waals surface area (Å²) in [6.07, 6.45) is 3.08. The lowest BCUT2D eigenvalue weighted by Crippen LogP contribution is -2.17. The van der Waals surface area contributed by atoms with Gasteiger partial charge in [-0.25, -0.2) is 5.43 Å². The van der Waals surface area contributed by atoms with Crippen molar-refractivity contribution in [1.29, 1.82) is 0 Å². The number of hydrogen-bond acceptors (Lipinski definition) is 6. The van der Waals surface area contributed by atoms with E-state index in [9.17, 15) is 14.9 Å². The number of non-ortho nitro benzene ring substituents is 1.